The molecular weight excluding hydrogens is 318 g/mol. The highest BCUT2D eigenvalue weighted by atomic mass is 16.5. The van der Waals surface area contributed by atoms with Gasteiger partial charge in [-0.3, -0.25) is 10.0 Å². The van der Waals surface area contributed by atoms with Gasteiger partial charge in [0, 0.05) is 6.42 Å². The Labute approximate surface area is 148 Å². The number of benzene rings is 1. The van der Waals surface area contributed by atoms with Crippen molar-refractivity contribution in [1.82, 2.24) is 5.48 Å². The van der Waals surface area contributed by atoms with Crippen molar-refractivity contribution < 1.29 is 20.2 Å². The predicted molar refractivity (Wildman–Crippen MR) is 92.3 cm³/mol. The first-order chi connectivity index (χ1) is 11.9. The molecule has 1 aromatic carbocycles. The highest BCUT2D eigenvalue weighted by Gasteiger charge is 2.55. The fourth-order valence-electron chi connectivity index (χ4n) is 6.15. The van der Waals surface area contributed by atoms with Gasteiger partial charge in [-0.1, -0.05) is 13.0 Å². The smallest absolute Gasteiger partial charge is 0.243 e. The Kier molecular flexibility index (Phi) is 4.04. The van der Waals surface area contributed by atoms with E-state index in [1.807, 2.05) is 6.07 Å². The molecule has 25 heavy (non-hydrogen) atoms. The van der Waals surface area contributed by atoms with Crippen LogP contribution in [-0.4, -0.2) is 27.4 Å². The van der Waals surface area contributed by atoms with Crippen molar-refractivity contribution in [3.8, 4) is 5.75 Å². The molecule has 2 saturated carbocycles. The molecule has 0 radical (unpaired) electrons. The minimum absolute atomic E-state index is 0.00408. The number of carbonyl (C=O) groups is 1. The molecule has 3 aliphatic rings. The minimum Gasteiger partial charge on any atom is -0.508 e. The number of hydrogen-bond acceptors (Lipinski definition) is 4. The van der Waals surface area contributed by atoms with E-state index in [1.165, 1.54) is 5.56 Å². The van der Waals surface area contributed by atoms with Gasteiger partial charge in [0.05, 0.1) is 6.10 Å². The number of hydroxylamine groups is 1. The number of fused-ring (bicyclic) bond motifs is 5. The molecule has 136 valence electrons. The lowest BCUT2D eigenvalue weighted by Crippen LogP contribution is -2.44. The first kappa shape index (κ1) is 16.9. The number of aliphatic hydroxyl groups is 1. The van der Waals surface area contributed by atoms with Crippen LogP contribution >= 0.6 is 0 Å². The van der Waals surface area contributed by atoms with Crippen molar-refractivity contribution in [3.05, 3.63) is 29.3 Å². The number of amides is 1. The van der Waals surface area contributed by atoms with Crippen LogP contribution in [0.4, 0.5) is 0 Å². The van der Waals surface area contributed by atoms with E-state index in [1.54, 1.807) is 17.6 Å². The Hall–Kier alpha value is -1.59. The molecule has 0 heterocycles. The van der Waals surface area contributed by atoms with Gasteiger partial charge in [-0.2, -0.15) is 0 Å². The zero-order valence-corrected chi connectivity index (χ0v) is 14.6. The SMILES string of the molecule is C[C@]12CC[C@@H]3c4ccc(O)cc4C(CC(=O)NO)C[C@H]3[C@@H]1CC[C@@H]2O. The zero-order valence-electron chi connectivity index (χ0n) is 14.6. The summed E-state index contributed by atoms with van der Waals surface area (Å²) < 4.78 is 0. The van der Waals surface area contributed by atoms with E-state index in [0.29, 0.717) is 17.8 Å². The monoisotopic (exact) mass is 345 g/mol. The summed E-state index contributed by atoms with van der Waals surface area (Å²) in [6.45, 7) is 2.23. The molecule has 0 aromatic heterocycles. The minimum atomic E-state index is -0.386. The van der Waals surface area contributed by atoms with Crippen LogP contribution < -0.4 is 5.48 Å². The van der Waals surface area contributed by atoms with E-state index in [-0.39, 0.29) is 35.5 Å². The average molecular weight is 345 g/mol. The molecule has 6 atom stereocenters. The molecule has 0 aliphatic heterocycles. The average Bonchev–Trinajstić information content (AvgIpc) is 2.90. The maximum absolute atomic E-state index is 11.8. The highest BCUT2D eigenvalue weighted by Crippen LogP contribution is 2.62. The van der Waals surface area contributed by atoms with Crippen molar-refractivity contribution >= 4 is 5.91 Å². The van der Waals surface area contributed by atoms with Crippen LogP contribution in [-0.2, 0) is 4.79 Å². The summed E-state index contributed by atoms with van der Waals surface area (Å²) in [7, 11) is 0. The summed E-state index contributed by atoms with van der Waals surface area (Å²) in [6.07, 6.45) is 4.87. The van der Waals surface area contributed by atoms with Crippen molar-refractivity contribution in [2.75, 3.05) is 0 Å². The van der Waals surface area contributed by atoms with Gasteiger partial charge < -0.3 is 10.2 Å². The summed E-state index contributed by atoms with van der Waals surface area (Å²) in [5.74, 6) is 1.20. The molecule has 5 heteroatoms. The third-order valence-electron chi connectivity index (χ3n) is 7.41. The second-order valence-corrected chi connectivity index (χ2v) is 8.50. The van der Waals surface area contributed by atoms with E-state index >= 15 is 0 Å². The van der Waals surface area contributed by atoms with Gasteiger partial charge >= 0.3 is 0 Å². The maximum Gasteiger partial charge on any atom is 0.243 e. The van der Waals surface area contributed by atoms with Crippen LogP contribution in [0.1, 0.15) is 68.4 Å². The fourth-order valence-corrected chi connectivity index (χ4v) is 6.15. The fraction of sp³-hybridized carbons (Fsp3) is 0.650. The molecule has 0 bridgehead atoms. The molecule has 0 spiro atoms. The van der Waals surface area contributed by atoms with Gasteiger partial charge in [0.25, 0.3) is 0 Å². The van der Waals surface area contributed by atoms with Gasteiger partial charge in [-0.15, -0.1) is 0 Å². The van der Waals surface area contributed by atoms with Crippen LogP contribution in [0.3, 0.4) is 0 Å². The van der Waals surface area contributed by atoms with Crippen LogP contribution in [0.15, 0.2) is 18.2 Å². The third kappa shape index (κ3) is 2.56. The number of carbonyl (C=O) groups excluding carboxylic acids is 1. The lowest BCUT2D eigenvalue weighted by atomic mass is 9.53. The van der Waals surface area contributed by atoms with Crippen molar-refractivity contribution in [3.63, 3.8) is 0 Å². The number of rotatable bonds is 2. The first-order valence-corrected chi connectivity index (χ1v) is 9.38. The molecule has 3 aliphatic carbocycles. The molecule has 2 fully saturated rings. The normalized spacial score (nSPS) is 39.2. The lowest BCUT2D eigenvalue weighted by molar-refractivity contribution is -0.129. The standard InChI is InChI=1S/C20H27NO4/c1-20-7-6-14-13-3-2-12(22)10-15(13)11(9-19(24)21-25)8-16(14)17(20)4-5-18(20)23/h2-3,10-11,14,16-18,22-23,25H,4-9H2,1H3,(H,21,24)/t11?,14-,16-,17+,18+,20+/m1/s1. The van der Waals surface area contributed by atoms with Crippen molar-refractivity contribution in [2.45, 2.75) is 63.4 Å². The Bertz CT molecular complexity index is 690. The first-order valence-electron chi connectivity index (χ1n) is 9.38. The summed E-state index contributed by atoms with van der Waals surface area (Å²) in [5, 5.41) is 29.4. The number of aliphatic hydroxyl groups excluding tert-OH is 1. The second-order valence-electron chi connectivity index (χ2n) is 8.50. The van der Waals surface area contributed by atoms with Gasteiger partial charge in [0.15, 0.2) is 0 Å². The summed E-state index contributed by atoms with van der Waals surface area (Å²) in [6, 6.07) is 5.54. The summed E-state index contributed by atoms with van der Waals surface area (Å²) in [4.78, 5) is 11.8. The zero-order chi connectivity index (χ0) is 17.8. The molecule has 4 rings (SSSR count). The number of aromatic hydroxyl groups is 1. The Balaban J connectivity index is 1.73. The number of hydrogen-bond donors (Lipinski definition) is 4. The van der Waals surface area contributed by atoms with Crippen LogP contribution in [0.2, 0.25) is 0 Å². The number of phenols is 1. The summed E-state index contributed by atoms with van der Waals surface area (Å²) >= 11 is 0. The quantitative estimate of drug-likeness (QED) is 0.490. The van der Waals surface area contributed by atoms with Crippen molar-refractivity contribution in [2.24, 2.45) is 17.3 Å². The van der Waals surface area contributed by atoms with Crippen molar-refractivity contribution in [1.29, 1.82) is 0 Å². The molecule has 5 nitrogen and oxygen atoms in total. The predicted octanol–water partition coefficient (Wildman–Crippen LogP) is 3.05. The van der Waals surface area contributed by atoms with Gasteiger partial charge in [-0.05, 0) is 84.5 Å². The Morgan fingerprint density at radius 2 is 2.08 bits per heavy atom. The third-order valence-corrected chi connectivity index (χ3v) is 7.41. The second kappa shape index (κ2) is 5.99. The summed E-state index contributed by atoms with van der Waals surface area (Å²) in [5.41, 5.74) is 4.03. The van der Waals surface area contributed by atoms with E-state index in [2.05, 4.69) is 6.92 Å². The van der Waals surface area contributed by atoms with E-state index in [4.69, 9.17) is 5.21 Å². The Morgan fingerprint density at radius 3 is 2.84 bits per heavy atom. The lowest BCUT2D eigenvalue weighted by Gasteiger charge is -2.51. The maximum atomic E-state index is 11.8. The van der Waals surface area contributed by atoms with Gasteiger partial charge in [0.2, 0.25) is 5.91 Å². The Morgan fingerprint density at radius 1 is 1.28 bits per heavy atom. The topological polar surface area (TPSA) is 89.8 Å². The molecule has 0 saturated heterocycles. The van der Waals surface area contributed by atoms with Crippen LogP contribution in [0.25, 0.3) is 0 Å². The molecule has 1 amide bonds. The van der Waals surface area contributed by atoms with Crippen LogP contribution in [0.5, 0.6) is 5.75 Å². The van der Waals surface area contributed by atoms with E-state index in [9.17, 15) is 15.0 Å². The molecule has 1 aromatic rings. The molecule has 1 unspecified atom stereocenters. The van der Waals surface area contributed by atoms with Gasteiger partial charge in [0.1, 0.15) is 5.75 Å². The van der Waals surface area contributed by atoms with Gasteiger partial charge in [-0.25, -0.2) is 5.48 Å². The molecular formula is C20H27NO4. The number of phenolic OH excluding ortho intramolecular Hbond substituents is 1. The highest BCUT2D eigenvalue weighted by molar-refractivity contribution is 5.75. The largest absolute Gasteiger partial charge is 0.508 e. The van der Waals surface area contributed by atoms with E-state index in [0.717, 1.165) is 37.7 Å². The van der Waals surface area contributed by atoms with E-state index < -0.39 is 0 Å². The van der Waals surface area contributed by atoms with Crippen LogP contribution in [0, 0.1) is 17.3 Å². The molecule has 4 N–H and O–H groups in total. The number of nitrogens with one attached hydrogen (secondary N) is 1.